The summed E-state index contributed by atoms with van der Waals surface area (Å²) in [5.74, 6) is 0.732. The predicted molar refractivity (Wildman–Crippen MR) is 156 cm³/mol. The minimum absolute atomic E-state index is 0.00691. The van der Waals surface area contributed by atoms with Crippen LogP contribution < -0.4 is 15.1 Å². The van der Waals surface area contributed by atoms with E-state index in [0.717, 1.165) is 41.7 Å². The lowest BCUT2D eigenvalue weighted by molar-refractivity contribution is -0.149. The highest BCUT2D eigenvalue weighted by molar-refractivity contribution is 7.99. The highest BCUT2D eigenvalue weighted by Crippen LogP contribution is 2.40. The summed E-state index contributed by atoms with van der Waals surface area (Å²) in [6.45, 7) is 12.9. The zero-order valence-electron chi connectivity index (χ0n) is 23.9. The molecule has 4 rings (SSSR count). The van der Waals surface area contributed by atoms with Gasteiger partial charge in [-0.3, -0.25) is 4.79 Å². The fraction of sp³-hybridized carbons (Fsp3) is 0.607. The fourth-order valence-electron chi connectivity index (χ4n) is 4.83. The molecule has 0 bridgehead atoms. The van der Waals surface area contributed by atoms with Crippen LogP contribution in [0.1, 0.15) is 60.3 Å². The van der Waals surface area contributed by atoms with Gasteiger partial charge in [0.2, 0.25) is 0 Å². The largest absolute Gasteiger partial charge is 0.481 e. The number of carboxylic acid groups (broad SMARTS) is 1. The third-order valence-electron chi connectivity index (χ3n) is 7.70. The van der Waals surface area contributed by atoms with Crippen molar-refractivity contribution < 1.29 is 19.4 Å². The molecule has 2 N–H and O–H groups in total. The minimum atomic E-state index is -0.758. The molecule has 12 heteroatoms. The summed E-state index contributed by atoms with van der Waals surface area (Å²) in [6, 6.07) is 1.86. The molecular weight excluding hydrogens is 552 g/mol. The van der Waals surface area contributed by atoms with Crippen LogP contribution in [0.5, 0.6) is 0 Å². The minimum Gasteiger partial charge on any atom is -0.481 e. The van der Waals surface area contributed by atoms with Crippen LogP contribution in [0.15, 0.2) is 34.6 Å². The topological polar surface area (TPSA) is 121 Å². The van der Waals surface area contributed by atoms with Gasteiger partial charge in [0, 0.05) is 43.8 Å². The van der Waals surface area contributed by atoms with E-state index in [4.69, 9.17) is 16.3 Å². The number of hydrogen-bond donors (Lipinski definition) is 2. The Morgan fingerprint density at radius 3 is 2.27 bits per heavy atom. The van der Waals surface area contributed by atoms with E-state index < -0.39 is 17.0 Å². The van der Waals surface area contributed by atoms with Crippen LogP contribution in [-0.2, 0) is 9.53 Å². The lowest BCUT2D eigenvalue weighted by atomic mass is 9.80. The number of carboxylic acids is 1. The molecule has 2 aromatic heterocycles. The van der Waals surface area contributed by atoms with Gasteiger partial charge >= 0.3 is 12.1 Å². The SMILES string of the molecule is CC1(CNC(=O)OC(C)(C)C)CCN(c2cnc(Sc3ccnc(N4CCC(C)(C(=O)O)CC4)c3Cl)cn2)CC1. The lowest BCUT2D eigenvalue weighted by Crippen LogP contribution is -2.45. The summed E-state index contributed by atoms with van der Waals surface area (Å²) in [6.07, 6.45) is 7.80. The van der Waals surface area contributed by atoms with Crippen molar-refractivity contribution in [3.05, 3.63) is 29.7 Å². The number of nitrogens with zero attached hydrogens (tertiary/aromatic N) is 5. The Labute approximate surface area is 245 Å². The van der Waals surface area contributed by atoms with Crippen LogP contribution in [0.2, 0.25) is 5.02 Å². The van der Waals surface area contributed by atoms with Crippen molar-refractivity contribution in [3.63, 3.8) is 0 Å². The Kier molecular flexibility index (Phi) is 9.04. The smallest absolute Gasteiger partial charge is 0.407 e. The van der Waals surface area contributed by atoms with E-state index in [-0.39, 0.29) is 11.5 Å². The van der Waals surface area contributed by atoms with Gasteiger partial charge in [-0.05, 0) is 64.9 Å². The Hall–Kier alpha value is -2.79. The van der Waals surface area contributed by atoms with Crippen molar-refractivity contribution in [3.8, 4) is 0 Å². The molecule has 2 saturated heterocycles. The molecular formula is C28H39ClN6O4S. The average Bonchev–Trinajstić information content (AvgIpc) is 2.89. The zero-order valence-corrected chi connectivity index (χ0v) is 25.4. The van der Waals surface area contributed by atoms with E-state index >= 15 is 0 Å². The number of halogens is 1. The molecule has 2 aliphatic heterocycles. The predicted octanol–water partition coefficient (Wildman–Crippen LogP) is 5.50. The maximum Gasteiger partial charge on any atom is 0.407 e. The first-order valence-corrected chi connectivity index (χ1v) is 14.8. The number of amides is 1. The first-order valence-electron chi connectivity index (χ1n) is 13.6. The number of ether oxygens (including phenoxy) is 1. The van der Waals surface area contributed by atoms with Gasteiger partial charge in [-0.2, -0.15) is 0 Å². The highest BCUT2D eigenvalue weighted by Gasteiger charge is 2.38. The van der Waals surface area contributed by atoms with Gasteiger partial charge in [-0.1, -0.05) is 30.3 Å². The van der Waals surface area contributed by atoms with Gasteiger partial charge in [-0.25, -0.2) is 19.7 Å². The number of alkyl carbamates (subject to hydrolysis) is 1. The van der Waals surface area contributed by atoms with Crippen LogP contribution >= 0.6 is 23.4 Å². The lowest BCUT2D eigenvalue weighted by Gasteiger charge is -2.40. The normalized spacial score (nSPS) is 18.8. The summed E-state index contributed by atoms with van der Waals surface area (Å²) < 4.78 is 5.36. The van der Waals surface area contributed by atoms with E-state index in [1.165, 1.54) is 11.8 Å². The van der Waals surface area contributed by atoms with Gasteiger partial charge in [0.05, 0.1) is 22.8 Å². The molecule has 2 fully saturated rings. The first-order chi connectivity index (χ1) is 18.8. The zero-order chi connectivity index (χ0) is 29.1. The molecule has 0 unspecified atom stereocenters. The fourth-order valence-corrected chi connectivity index (χ4v) is 5.92. The van der Waals surface area contributed by atoms with Crippen LogP contribution in [-0.4, -0.2) is 70.4 Å². The van der Waals surface area contributed by atoms with Crippen molar-refractivity contribution in [2.75, 3.05) is 42.5 Å². The summed E-state index contributed by atoms with van der Waals surface area (Å²) in [4.78, 5) is 42.5. The van der Waals surface area contributed by atoms with Crippen molar-refractivity contribution in [2.24, 2.45) is 10.8 Å². The maximum atomic E-state index is 12.1. The Morgan fingerprint density at radius 2 is 1.70 bits per heavy atom. The molecule has 0 aliphatic carbocycles. The highest BCUT2D eigenvalue weighted by atomic mass is 35.5. The van der Waals surface area contributed by atoms with Gasteiger partial charge in [0.1, 0.15) is 22.3 Å². The van der Waals surface area contributed by atoms with Crippen LogP contribution in [0.25, 0.3) is 0 Å². The monoisotopic (exact) mass is 590 g/mol. The number of aromatic nitrogens is 3. The molecule has 40 heavy (non-hydrogen) atoms. The number of pyridine rings is 1. The van der Waals surface area contributed by atoms with Gasteiger partial charge in [-0.15, -0.1) is 0 Å². The van der Waals surface area contributed by atoms with Crippen LogP contribution in [0, 0.1) is 10.8 Å². The standard InChI is InChI=1S/C28H39ClN6O4S/c1-26(2,3)39-25(38)33-18-27(4)7-12-34(13-8-27)20-16-32-21(17-31-20)40-19-6-11-30-23(22(19)29)35-14-9-28(5,10-15-35)24(36)37/h6,11,16-17H,7-10,12-15,18H2,1-5H3,(H,33,38)(H,36,37). The third-order valence-corrected chi connectivity index (χ3v) is 9.16. The average molecular weight is 591 g/mol. The quantitative estimate of drug-likeness (QED) is 0.427. The summed E-state index contributed by atoms with van der Waals surface area (Å²) in [7, 11) is 0. The summed E-state index contributed by atoms with van der Waals surface area (Å²) in [5.41, 5.74) is -1.23. The van der Waals surface area contributed by atoms with Crippen molar-refractivity contribution in [1.82, 2.24) is 20.3 Å². The molecule has 0 saturated carbocycles. The maximum absolute atomic E-state index is 12.1. The Balaban J connectivity index is 1.31. The van der Waals surface area contributed by atoms with Crippen molar-refractivity contribution in [2.45, 2.75) is 75.8 Å². The summed E-state index contributed by atoms with van der Waals surface area (Å²) in [5, 5.41) is 13.7. The van der Waals surface area contributed by atoms with Crippen LogP contribution in [0.4, 0.5) is 16.4 Å². The van der Waals surface area contributed by atoms with Crippen LogP contribution in [0.3, 0.4) is 0 Å². The number of rotatable bonds is 7. The molecule has 218 valence electrons. The van der Waals surface area contributed by atoms with E-state index in [0.29, 0.717) is 43.3 Å². The number of anilines is 2. The number of aliphatic carboxylic acids is 1. The second-order valence-corrected chi connectivity index (χ2v) is 13.7. The molecule has 0 atom stereocenters. The van der Waals surface area contributed by atoms with E-state index in [1.54, 1.807) is 25.5 Å². The number of hydrogen-bond acceptors (Lipinski definition) is 9. The van der Waals surface area contributed by atoms with E-state index in [1.807, 2.05) is 26.8 Å². The Morgan fingerprint density at radius 1 is 1.05 bits per heavy atom. The second-order valence-electron chi connectivity index (χ2n) is 12.3. The van der Waals surface area contributed by atoms with E-state index in [9.17, 15) is 14.7 Å². The molecule has 0 aromatic carbocycles. The van der Waals surface area contributed by atoms with Crippen molar-refractivity contribution >= 4 is 47.1 Å². The first kappa shape index (κ1) is 30.2. The molecule has 10 nitrogen and oxygen atoms in total. The van der Waals surface area contributed by atoms with E-state index in [2.05, 4.69) is 37.0 Å². The number of nitrogens with one attached hydrogen (secondary N) is 1. The van der Waals surface area contributed by atoms with Gasteiger partial charge in [0.15, 0.2) is 0 Å². The third kappa shape index (κ3) is 7.48. The molecule has 1 amide bonds. The molecule has 0 radical (unpaired) electrons. The Bertz CT molecular complexity index is 1210. The van der Waals surface area contributed by atoms with Gasteiger partial charge in [0.25, 0.3) is 0 Å². The summed E-state index contributed by atoms with van der Waals surface area (Å²) >= 11 is 8.18. The number of carbonyl (C=O) groups is 2. The molecule has 2 aliphatic rings. The number of piperidine rings is 2. The number of carbonyl (C=O) groups excluding carboxylic acids is 1. The molecule has 2 aromatic rings. The molecule has 4 heterocycles. The second kappa shape index (κ2) is 12.0. The van der Waals surface area contributed by atoms with Gasteiger partial charge < -0.3 is 25.0 Å². The van der Waals surface area contributed by atoms with Crippen molar-refractivity contribution in [1.29, 1.82) is 0 Å². The molecule has 0 spiro atoms.